The van der Waals surface area contributed by atoms with Crippen molar-refractivity contribution in [2.24, 2.45) is 0 Å². The van der Waals surface area contributed by atoms with Crippen LogP contribution < -0.4 is 0 Å². The smallest absolute Gasteiger partial charge is 0.233 e. The van der Waals surface area contributed by atoms with Crippen molar-refractivity contribution < 1.29 is 4.79 Å². The molecular formula is C21H23N3OS. The van der Waals surface area contributed by atoms with Crippen molar-refractivity contribution >= 4 is 17.7 Å². The van der Waals surface area contributed by atoms with Gasteiger partial charge in [0.15, 0.2) is 0 Å². The maximum absolute atomic E-state index is 12.8. The highest BCUT2D eigenvalue weighted by molar-refractivity contribution is 8.00. The molecule has 1 amide bonds. The number of benzene rings is 1. The second-order valence-corrected chi connectivity index (χ2v) is 7.74. The zero-order chi connectivity index (χ0) is 18.7. The molecule has 134 valence electrons. The molecule has 0 aliphatic heterocycles. The average Bonchev–Trinajstić information content (AvgIpc) is 2.64. The number of hydrogen-bond donors (Lipinski definition) is 0. The molecular weight excluding hydrogens is 342 g/mol. The molecule has 0 N–H and O–H groups in total. The van der Waals surface area contributed by atoms with Gasteiger partial charge in [0.25, 0.3) is 0 Å². The molecule has 0 radical (unpaired) electrons. The number of rotatable bonds is 4. The highest BCUT2D eigenvalue weighted by Crippen LogP contribution is 2.34. The van der Waals surface area contributed by atoms with Crippen molar-refractivity contribution in [3.63, 3.8) is 0 Å². The average molecular weight is 366 g/mol. The van der Waals surface area contributed by atoms with Crippen LogP contribution >= 0.6 is 11.8 Å². The van der Waals surface area contributed by atoms with Crippen molar-refractivity contribution in [3.05, 3.63) is 58.3 Å². The number of nitriles is 1. The Hall–Kier alpha value is -2.32. The molecule has 1 aromatic carbocycles. The van der Waals surface area contributed by atoms with Gasteiger partial charge in [0, 0.05) is 12.7 Å². The van der Waals surface area contributed by atoms with Crippen LogP contribution in [0, 0.1) is 25.2 Å². The first-order valence-electron chi connectivity index (χ1n) is 8.86. The summed E-state index contributed by atoms with van der Waals surface area (Å²) in [4.78, 5) is 19.1. The van der Waals surface area contributed by atoms with Gasteiger partial charge in [-0.3, -0.25) is 4.79 Å². The second kappa shape index (κ2) is 7.92. The van der Waals surface area contributed by atoms with Gasteiger partial charge in [-0.2, -0.15) is 5.26 Å². The van der Waals surface area contributed by atoms with Gasteiger partial charge in [-0.15, -0.1) is 0 Å². The maximum Gasteiger partial charge on any atom is 0.233 e. The number of pyridine rings is 1. The fourth-order valence-electron chi connectivity index (χ4n) is 3.58. The van der Waals surface area contributed by atoms with E-state index in [1.165, 1.54) is 22.9 Å². The fourth-order valence-corrected chi connectivity index (χ4v) is 4.60. The Morgan fingerprint density at radius 2 is 2.15 bits per heavy atom. The van der Waals surface area contributed by atoms with Crippen LogP contribution in [0.2, 0.25) is 0 Å². The molecule has 1 aliphatic carbocycles. The Bertz CT molecular complexity index is 872. The standard InChI is InChI=1S/C21H23N3OS/c1-14-11-15(2)23-21(18(14)12-22)26-13-20(25)24(3)19-10-6-8-16-7-4-5-9-17(16)19/h4-5,7,9,11,19H,6,8,10,13H2,1-3H3/t19-/m0/s1. The molecule has 0 saturated carbocycles. The van der Waals surface area contributed by atoms with Gasteiger partial charge in [0.1, 0.15) is 11.1 Å². The van der Waals surface area contributed by atoms with Gasteiger partial charge < -0.3 is 4.90 Å². The topological polar surface area (TPSA) is 57.0 Å². The lowest BCUT2D eigenvalue weighted by Crippen LogP contribution is -2.34. The summed E-state index contributed by atoms with van der Waals surface area (Å²) in [6.45, 7) is 3.81. The molecule has 1 aliphatic rings. The van der Waals surface area contributed by atoms with Crippen molar-refractivity contribution in [2.45, 2.75) is 44.2 Å². The Labute approximate surface area is 159 Å². The van der Waals surface area contributed by atoms with Gasteiger partial charge in [-0.1, -0.05) is 36.0 Å². The van der Waals surface area contributed by atoms with E-state index in [1.54, 1.807) is 0 Å². The number of thioether (sulfide) groups is 1. The van der Waals surface area contributed by atoms with E-state index in [-0.39, 0.29) is 11.9 Å². The van der Waals surface area contributed by atoms with Crippen LogP contribution in [0.15, 0.2) is 35.4 Å². The first-order chi connectivity index (χ1) is 12.5. The zero-order valence-electron chi connectivity index (χ0n) is 15.5. The van der Waals surface area contributed by atoms with Crippen LogP contribution in [0.25, 0.3) is 0 Å². The predicted molar refractivity (Wildman–Crippen MR) is 104 cm³/mol. The summed E-state index contributed by atoms with van der Waals surface area (Å²) in [6.07, 6.45) is 3.18. The molecule has 1 aromatic heterocycles. The highest BCUT2D eigenvalue weighted by atomic mass is 32.2. The van der Waals surface area contributed by atoms with E-state index in [1.807, 2.05) is 37.9 Å². The highest BCUT2D eigenvalue weighted by Gasteiger charge is 2.26. The van der Waals surface area contributed by atoms with E-state index < -0.39 is 0 Å². The zero-order valence-corrected chi connectivity index (χ0v) is 16.3. The van der Waals surface area contributed by atoms with E-state index in [9.17, 15) is 10.1 Å². The van der Waals surface area contributed by atoms with Crippen LogP contribution in [0.5, 0.6) is 0 Å². The predicted octanol–water partition coefficient (Wildman–Crippen LogP) is 4.20. The molecule has 2 aromatic rings. The van der Waals surface area contributed by atoms with Crippen LogP contribution in [0.3, 0.4) is 0 Å². The number of hydrogen-bond acceptors (Lipinski definition) is 4. The van der Waals surface area contributed by atoms with E-state index in [0.717, 1.165) is 30.5 Å². The Kier molecular flexibility index (Phi) is 5.63. The van der Waals surface area contributed by atoms with Crippen molar-refractivity contribution in [1.82, 2.24) is 9.88 Å². The lowest BCUT2D eigenvalue weighted by molar-refractivity contribution is -0.129. The molecule has 4 nitrogen and oxygen atoms in total. The number of carbonyl (C=O) groups is 1. The summed E-state index contributed by atoms with van der Waals surface area (Å²) in [7, 11) is 1.88. The molecule has 26 heavy (non-hydrogen) atoms. The number of aromatic nitrogens is 1. The number of carbonyl (C=O) groups excluding carboxylic acids is 1. The van der Waals surface area contributed by atoms with E-state index in [2.05, 4.69) is 29.3 Å². The van der Waals surface area contributed by atoms with Crippen LogP contribution in [-0.4, -0.2) is 28.6 Å². The number of aryl methyl sites for hydroxylation is 3. The van der Waals surface area contributed by atoms with Crippen molar-refractivity contribution in [2.75, 3.05) is 12.8 Å². The Balaban J connectivity index is 1.73. The molecule has 0 fully saturated rings. The molecule has 0 spiro atoms. The molecule has 0 unspecified atom stereocenters. The van der Waals surface area contributed by atoms with Gasteiger partial charge in [-0.25, -0.2) is 4.98 Å². The maximum atomic E-state index is 12.8. The molecule has 0 saturated heterocycles. The van der Waals surface area contributed by atoms with Crippen LogP contribution in [0.4, 0.5) is 0 Å². The first kappa shape index (κ1) is 18.5. The summed E-state index contributed by atoms with van der Waals surface area (Å²) in [6, 6.07) is 12.6. The molecule has 1 atom stereocenters. The van der Waals surface area contributed by atoms with Crippen molar-refractivity contribution in [3.8, 4) is 6.07 Å². The summed E-state index contributed by atoms with van der Waals surface area (Å²) >= 11 is 1.36. The lowest BCUT2D eigenvalue weighted by Gasteiger charge is -2.33. The molecule has 1 heterocycles. The number of fused-ring (bicyclic) bond motifs is 1. The number of amides is 1. The fraction of sp³-hybridized carbons (Fsp3) is 0.381. The quantitative estimate of drug-likeness (QED) is 0.762. The molecule has 3 rings (SSSR count). The minimum absolute atomic E-state index is 0.0709. The minimum atomic E-state index is 0.0709. The summed E-state index contributed by atoms with van der Waals surface area (Å²) < 4.78 is 0. The second-order valence-electron chi connectivity index (χ2n) is 6.77. The summed E-state index contributed by atoms with van der Waals surface area (Å²) in [5.41, 5.74) is 4.95. The van der Waals surface area contributed by atoms with Crippen LogP contribution in [-0.2, 0) is 11.2 Å². The minimum Gasteiger partial charge on any atom is -0.338 e. The van der Waals surface area contributed by atoms with Gasteiger partial charge in [0.05, 0.1) is 17.4 Å². The van der Waals surface area contributed by atoms with Gasteiger partial charge in [0.2, 0.25) is 5.91 Å². The SMILES string of the molecule is Cc1cc(C)c(C#N)c(SCC(=O)N(C)[C@H]2CCCc3ccccc32)n1. The summed E-state index contributed by atoms with van der Waals surface area (Å²) in [5, 5.41) is 10.0. The van der Waals surface area contributed by atoms with Crippen LogP contribution in [0.1, 0.15) is 46.8 Å². The molecule has 5 heteroatoms. The lowest BCUT2D eigenvalue weighted by atomic mass is 9.87. The largest absolute Gasteiger partial charge is 0.338 e. The first-order valence-corrected chi connectivity index (χ1v) is 9.84. The summed E-state index contributed by atoms with van der Waals surface area (Å²) in [5.74, 6) is 0.362. The number of nitrogens with zero attached hydrogens (tertiary/aromatic N) is 3. The van der Waals surface area contributed by atoms with Gasteiger partial charge >= 0.3 is 0 Å². The monoisotopic (exact) mass is 365 g/mol. The Morgan fingerprint density at radius 1 is 1.38 bits per heavy atom. The third-order valence-corrected chi connectivity index (χ3v) is 5.91. The normalized spacial score (nSPS) is 15.8. The Morgan fingerprint density at radius 3 is 2.92 bits per heavy atom. The third kappa shape index (κ3) is 3.76. The van der Waals surface area contributed by atoms with E-state index in [4.69, 9.17) is 0 Å². The van der Waals surface area contributed by atoms with E-state index in [0.29, 0.717) is 16.3 Å². The third-order valence-electron chi connectivity index (χ3n) is 4.95. The molecule has 0 bridgehead atoms. The van der Waals surface area contributed by atoms with Gasteiger partial charge in [-0.05, 0) is 55.9 Å². The van der Waals surface area contributed by atoms with E-state index >= 15 is 0 Å². The van der Waals surface area contributed by atoms with Crippen molar-refractivity contribution in [1.29, 1.82) is 5.26 Å².